The molecule has 126 valence electrons. The minimum atomic E-state index is -0.102. The van der Waals surface area contributed by atoms with Crippen LogP contribution in [0.2, 0.25) is 0 Å². The molecule has 24 heavy (non-hydrogen) atoms. The normalized spacial score (nSPS) is 10.5. The van der Waals surface area contributed by atoms with E-state index in [0.717, 1.165) is 3.57 Å². The average Bonchev–Trinajstić information content (AvgIpc) is 2.53. The first-order valence-corrected chi connectivity index (χ1v) is 8.84. The number of carbonyl (C=O) groups excluding carboxylic acids is 2. The van der Waals surface area contributed by atoms with Gasteiger partial charge in [-0.25, -0.2) is 0 Å². The van der Waals surface area contributed by atoms with Crippen LogP contribution in [0.3, 0.4) is 0 Å². The van der Waals surface area contributed by atoms with E-state index in [2.05, 4.69) is 27.9 Å². The van der Waals surface area contributed by atoms with Gasteiger partial charge in [-0.2, -0.15) is 0 Å². The number of hydrogen-bond acceptors (Lipinski definition) is 3. The van der Waals surface area contributed by atoms with E-state index in [1.807, 2.05) is 38.1 Å². The number of hydrogen-bond donors (Lipinski definition) is 1. The monoisotopic (exact) mass is 437 g/mol. The summed E-state index contributed by atoms with van der Waals surface area (Å²) in [5.74, 6) is 0.883. The Morgan fingerprint density at radius 2 is 1.75 bits per heavy atom. The Balaban J connectivity index is 1.91. The molecule has 0 aliphatic carbocycles. The van der Waals surface area contributed by atoms with Crippen LogP contribution in [0.4, 0.5) is 5.69 Å². The van der Waals surface area contributed by atoms with Gasteiger partial charge in [0.25, 0.3) is 0 Å². The van der Waals surface area contributed by atoms with Crippen molar-refractivity contribution in [1.29, 1.82) is 0 Å². The summed E-state index contributed by atoms with van der Waals surface area (Å²) in [5.41, 5.74) is 1.25. The van der Waals surface area contributed by atoms with Crippen LogP contribution in [-0.4, -0.2) is 18.3 Å². The smallest absolute Gasteiger partial charge is 0.224 e. The second-order valence-corrected chi connectivity index (χ2v) is 7.03. The second-order valence-electron chi connectivity index (χ2n) is 5.87. The number of carbonyl (C=O) groups is 2. The highest BCUT2D eigenvalue weighted by Gasteiger charge is 2.09. The van der Waals surface area contributed by atoms with Crippen molar-refractivity contribution >= 4 is 40.0 Å². The molecule has 2 rings (SSSR count). The van der Waals surface area contributed by atoms with E-state index in [1.54, 1.807) is 24.3 Å². The maximum absolute atomic E-state index is 12.2. The average molecular weight is 437 g/mol. The van der Waals surface area contributed by atoms with E-state index in [4.69, 9.17) is 4.74 Å². The van der Waals surface area contributed by atoms with Crippen LogP contribution in [0.15, 0.2) is 48.5 Å². The number of amides is 1. The van der Waals surface area contributed by atoms with Crippen LogP contribution in [-0.2, 0) is 4.79 Å². The summed E-state index contributed by atoms with van der Waals surface area (Å²) >= 11 is 2.17. The summed E-state index contributed by atoms with van der Waals surface area (Å²) in [6.45, 7) is 3.98. The maximum Gasteiger partial charge on any atom is 0.224 e. The first-order valence-electron chi connectivity index (χ1n) is 7.76. The number of ether oxygens (including phenoxy) is 1. The number of anilines is 1. The Hall–Kier alpha value is -1.89. The molecular formula is C19H20INO3. The quantitative estimate of drug-likeness (QED) is 0.512. The Morgan fingerprint density at radius 1 is 1.08 bits per heavy atom. The van der Waals surface area contributed by atoms with Crippen molar-refractivity contribution in [3.63, 3.8) is 0 Å². The van der Waals surface area contributed by atoms with Crippen LogP contribution in [0, 0.1) is 9.49 Å². The SMILES string of the molecule is CC(C)CC(=O)Nc1ccc(C(=O)COc2ccccc2I)cc1. The van der Waals surface area contributed by atoms with Gasteiger partial charge in [0.15, 0.2) is 12.4 Å². The number of halogens is 1. The molecule has 0 aliphatic rings. The highest BCUT2D eigenvalue weighted by Crippen LogP contribution is 2.20. The number of nitrogens with one attached hydrogen (secondary N) is 1. The number of benzene rings is 2. The van der Waals surface area contributed by atoms with Crippen molar-refractivity contribution in [2.24, 2.45) is 5.92 Å². The van der Waals surface area contributed by atoms with Gasteiger partial charge in [0, 0.05) is 17.7 Å². The van der Waals surface area contributed by atoms with Gasteiger partial charge in [0.2, 0.25) is 5.91 Å². The molecule has 2 aromatic rings. The minimum Gasteiger partial charge on any atom is -0.484 e. The van der Waals surface area contributed by atoms with Gasteiger partial charge in [-0.05, 0) is 64.9 Å². The predicted octanol–water partition coefficient (Wildman–Crippen LogP) is 4.54. The van der Waals surface area contributed by atoms with Crippen molar-refractivity contribution < 1.29 is 14.3 Å². The maximum atomic E-state index is 12.2. The fraction of sp³-hybridized carbons (Fsp3) is 0.263. The van der Waals surface area contributed by atoms with Crippen molar-refractivity contribution in [3.05, 3.63) is 57.7 Å². The molecular weight excluding hydrogens is 417 g/mol. The van der Waals surface area contributed by atoms with E-state index >= 15 is 0 Å². The zero-order chi connectivity index (χ0) is 17.5. The Labute approximate surface area is 155 Å². The topological polar surface area (TPSA) is 55.4 Å². The molecule has 5 heteroatoms. The summed E-state index contributed by atoms with van der Waals surface area (Å²) in [7, 11) is 0. The Morgan fingerprint density at radius 3 is 2.38 bits per heavy atom. The first kappa shape index (κ1) is 18.4. The van der Waals surface area contributed by atoms with Gasteiger partial charge < -0.3 is 10.1 Å². The molecule has 1 N–H and O–H groups in total. The fourth-order valence-corrected chi connectivity index (χ4v) is 2.65. The number of Topliss-reactive ketones (excluding diaryl/α,β-unsaturated/α-hetero) is 1. The van der Waals surface area contributed by atoms with Gasteiger partial charge in [-0.15, -0.1) is 0 Å². The standard InChI is InChI=1S/C19H20INO3/c1-13(2)11-19(23)21-15-9-7-14(8-10-15)17(22)12-24-18-6-4-3-5-16(18)20/h3-10,13H,11-12H2,1-2H3,(H,21,23). The molecule has 4 nitrogen and oxygen atoms in total. The van der Waals surface area contributed by atoms with Crippen molar-refractivity contribution in [1.82, 2.24) is 0 Å². The molecule has 0 radical (unpaired) electrons. The zero-order valence-electron chi connectivity index (χ0n) is 13.7. The fourth-order valence-electron chi connectivity index (χ4n) is 2.11. The summed E-state index contributed by atoms with van der Waals surface area (Å²) in [5, 5.41) is 2.82. The number of para-hydroxylation sites is 1. The molecule has 0 saturated heterocycles. The van der Waals surface area contributed by atoms with E-state index in [0.29, 0.717) is 29.3 Å². The molecule has 0 spiro atoms. The molecule has 0 saturated carbocycles. The lowest BCUT2D eigenvalue weighted by Gasteiger charge is -2.09. The molecule has 2 aromatic carbocycles. The lowest BCUT2D eigenvalue weighted by Crippen LogP contribution is -2.14. The van der Waals surface area contributed by atoms with Gasteiger partial charge in [-0.3, -0.25) is 9.59 Å². The van der Waals surface area contributed by atoms with Crippen LogP contribution in [0.1, 0.15) is 30.6 Å². The predicted molar refractivity (Wildman–Crippen MR) is 104 cm³/mol. The third kappa shape index (κ3) is 5.63. The Bertz CT molecular complexity index is 711. The lowest BCUT2D eigenvalue weighted by atomic mass is 10.1. The van der Waals surface area contributed by atoms with Crippen molar-refractivity contribution in [2.75, 3.05) is 11.9 Å². The van der Waals surface area contributed by atoms with E-state index in [1.165, 1.54) is 0 Å². The van der Waals surface area contributed by atoms with E-state index < -0.39 is 0 Å². The van der Waals surface area contributed by atoms with Gasteiger partial charge >= 0.3 is 0 Å². The highest BCUT2D eigenvalue weighted by molar-refractivity contribution is 14.1. The van der Waals surface area contributed by atoms with Crippen LogP contribution in [0.25, 0.3) is 0 Å². The van der Waals surface area contributed by atoms with Gasteiger partial charge in [0.05, 0.1) is 3.57 Å². The third-order valence-corrected chi connectivity index (χ3v) is 4.17. The highest BCUT2D eigenvalue weighted by atomic mass is 127. The first-order chi connectivity index (χ1) is 11.5. The molecule has 0 heterocycles. The van der Waals surface area contributed by atoms with E-state index in [9.17, 15) is 9.59 Å². The minimum absolute atomic E-state index is 0.0148. The third-order valence-electron chi connectivity index (χ3n) is 3.28. The zero-order valence-corrected chi connectivity index (χ0v) is 15.9. The molecule has 1 amide bonds. The number of rotatable bonds is 7. The van der Waals surface area contributed by atoms with Crippen LogP contribution >= 0.6 is 22.6 Å². The van der Waals surface area contributed by atoms with Gasteiger partial charge in [-0.1, -0.05) is 26.0 Å². The Kier molecular flexibility index (Phi) is 6.78. The summed E-state index contributed by atoms with van der Waals surface area (Å²) in [6.07, 6.45) is 0.476. The summed E-state index contributed by atoms with van der Waals surface area (Å²) in [6, 6.07) is 14.4. The van der Waals surface area contributed by atoms with Crippen molar-refractivity contribution in [2.45, 2.75) is 20.3 Å². The molecule has 0 aliphatic heterocycles. The summed E-state index contributed by atoms with van der Waals surface area (Å²) < 4.78 is 6.53. The molecule has 0 aromatic heterocycles. The van der Waals surface area contributed by atoms with Gasteiger partial charge in [0.1, 0.15) is 5.75 Å². The number of ketones is 1. The second kappa shape index (κ2) is 8.82. The summed E-state index contributed by atoms with van der Waals surface area (Å²) in [4.78, 5) is 23.9. The van der Waals surface area contributed by atoms with Crippen LogP contribution in [0.5, 0.6) is 5.75 Å². The molecule has 0 unspecified atom stereocenters. The largest absolute Gasteiger partial charge is 0.484 e. The molecule has 0 bridgehead atoms. The van der Waals surface area contributed by atoms with E-state index in [-0.39, 0.29) is 18.3 Å². The van der Waals surface area contributed by atoms with Crippen molar-refractivity contribution in [3.8, 4) is 5.75 Å². The van der Waals surface area contributed by atoms with Crippen LogP contribution < -0.4 is 10.1 Å². The molecule has 0 fully saturated rings. The molecule has 0 atom stereocenters. The lowest BCUT2D eigenvalue weighted by molar-refractivity contribution is -0.116.